The molecule has 1 aromatic heterocycles. The fraction of sp³-hybridized carbons (Fsp3) is 0.652. The molecule has 2 N–H and O–H groups in total. The molecule has 0 spiro atoms. The summed E-state index contributed by atoms with van der Waals surface area (Å²) in [6, 6.07) is 1.31. The normalized spacial score (nSPS) is 18.7. The number of carbonyl (C=O) groups is 4. The maximum Gasteiger partial charge on any atom is 0.407 e. The number of hydrogen-bond acceptors (Lipinski definition) is 6. The molecule has 1 aromatic rings. The quantitative estimate of drug-likeness (QED) is 0.648. The number of nitrogens with one attached hydrogen (secondary N) is 2. The van der Waals surface area contributed by atoms with Gasteiger partial charge < -0.3 is 15.4 Å². The molecule has 0 aromatic carbocycles. The second-order valence-electron chi connectivity index (χ2n) is 9.70. The van der Waals surface area contributed by atoms with Crippen molar-refractivity contribution >= 4 is 34.9 Å². The average Bonchev–Trinajstić information content (AvgIpc) is 3.12. The van der Waals surface area contributed by atoms with Crippen molar-refractivity contribution in [2.45, 2.75) is 66.3 Å². The van der Waals surface area contributed by atoms with Crippen LogP contribution in [0.1, 0.15) is 57.9 Å². The molecule has 172 valence electrons. The van der Waals surface area contributed by atoms with E-state index in [0.717, 1.165) is 10.4 Å². The van der Waals surface area contributed by atoms with Gasteiger partial charge >= 0.3 is 6.09 Å². The van der Waals surface area contributed by atoms with E-state index >= 15 is 0 Å². The minimum Gasteiger partial charge on any atom is -0.449 e. The third-order valence-electron chi connectivity index (χ3n) is 5.11. The highest BCUT2D eigenvalue weighted by Crippen LogP contribution is 2.22. The molecular weight excluding hydrogens is 416 g/mol. The van der Waals surface area contributed by atoms with Crippen LogP contribution in [-0.2, 0) is 32.0 Å². The number of thiophene rings is 1. The van der Waals surface area contributed by atoms with Crippen molar-refractivity contribution in [3.63, 3.8) is 0 Å². The van der Waals surface area contributed by atoms with Crippen molar-refractivity contribution < 1.29 is 23.9 Å². The molecule has 2 amide bonds. The highest BCUT2D eigenvalue weighted by molar-refractivity contribution is 7.10. The lowest BCUT2D eigenvalue weighted by Crippen LogP contribution is -2.46. The summed E-state index contributed by atoms with van der Waals surface area (Å²) in [6.45, 7) is 10.1. The fourth-order valence-electron chi connectivity index (χ4n) is 3.37. The van der Waals surface area contributed by atoms with E-state index in [2.05, 4.69) is 22.1 Å². The summed E-state index contributed by atoms with van der Waals surface area (Å²) in [4.78, 5) is 51.4. The highest BCUT2D eigenvalue weighted by Gasteiger charge is 2.32. The molecule has 2 heterocycles. The second kappa shape index (κ2) is 10.9. The van der Waals surface area contributed by atoms with Crippen LogP contribution >= 0.6 is 11.3 Å². The summed E-state index contributed by atoms with van der Waals surface area (Å²) in [7, 11) is 0. The van der Waals surface area contributed by atoms with Crippen molar-refractivity contribution in [1.82, 2.24) is 10.6 Å². The Kier molecular flexibility index (Phi) is 8.79. The predicted molar refractivity (Wildman–Crippen MR) is 120 cm³/mol. The number of hydrogen-bond donors (Lipinski definition) is 2. The molecule has 0 radical (unpaired) electrons. The minimum atomic E-state index is -0.783. The Morgan fingerprint density at radius 3 is 2.61 bits per heavy atom. The molecule has 7 nitrogen and oxygen atoms in total. The Labute approximate surface area is 188 Å². The van der Waals surface area contributed by atoms with E-state index in [0.29, 0.717) is 25.8 Å². The Morgan fingerprint density at radius 1 is 1.26 bits per heavy atom. The van der Waals surface area contributed by atoms with Crippen LogP contribution in [0.15, 0.2) is 11.4 Å². The maximum atomic E-state index is 13.0. The molecule has 31 heavy (non-hydrogen) atoms. The molecule has 2 atom stereocenters. The van der Waals surface area contributed by atoms with Crippen molar-refractivity contribution in [2.75, 3.05) is 13.2 Å². The third-order valence-corrected chi connectivity index (χ3v) is 6.16. The van der Waals surface area contributed by atoms with E-state index < -0.39 is 29.7 Å². The van der Waals surface area contributed by atoms with E-state index in [9.17, 15) is 19.2 Å². The van der Waals surface area contributed by atoms with Crippen LogP contribution in [0, 0.1) is 17.3 Å². The summed E-state index contributed by atoms with van der Waals surface area (Å²) in [6.07, 6.45) is 0.975. The summed E-state index contributed by atoms with van der Waals surface area (Å²) in [5.41, 5.74) is 0.925. The molecule has 1 aliphatic rings. The third kappa shape index (κ3) is 8.09. The Bertz CT molecular complexity index is 809. The van der Waals surface area contributed by atoms with E-state index in [4.69, 9.17) is 4.74 Å². The van der Waals surface area contributed by atoms with Gasteiger partial charge in [0, 0.05) is 23.8 Å². The standard InChI is InChI=1S/C23H34N2O5S/c1-14(2)19(25-22(29)30-13-23(3,4)5)18(26)11-16-7-6-15-10-17(31-12-15)8-9-24-21(28)20(16)27/h10,12,14,16,19H,6-9,11,13H2,1-5H3,(H,24,28)(H,25,29). The van der Waals surface area contributed by atoms with Crippen LogP contribution in [0.25, 0.3) is 0 Å². The lowest BCUT2D eigenvalue weighted by molar-refractivity contribution is -0.141. The number of amides is 2. The highest BCUT2D eigenvalue weighted by atomic mass is 32.1. The number of fused-ring (bicyclic) bond motifs is 2. The number of carbonyl (C=O) groups excluding carboxylic acids is 4. The number of rotatable bonds is 6. The number of aryl methyl sites for hydroxylation is 1. The zero-order valence-corrected chi connectivity index (χ0v) is 19.9. The Morgan fingerprint density at radius 2 is 1.97 bits per heavy atom. The maximum absolute atomic E-state index is 13.0. The van der Waals surface area contributed by atoms with Crippen molar-refractivity contribution in [1.29, 1.82) is 0 Å². The average molecular weight is 451 g/mol. The van der Waals surface area contributed by atoms with Crippen LogP contribution in [0.5, 0.6) is 0 Å². The molecule has 8 heteroatoms. The predicted octanol–water partition coefficient (Wildman–Crippen LogP) is 3.29. The van der Waals surface area contributed by atoms with E-state index in [-0.39, 0.29) is 30.1 Å². The second-order valence-corrected chi connectivity index (χ2v) is 10.7. The molecule has 0 aliphatic carbocycles. The molecule has 0 saturated carbocycles. The molecule has 0 saturated heterocycles. The largest absolute Gasteiger partial charge is 0.449 e. The molecule has 2 bridgehead atoms. The van der Waals surface area contributed by atoms with Gasteiger partial charge in [-0.2, -0.15) is 0 Å². The van der Waals surface area contributed by atoms with Crippen LogP contribution in [0.3, 0.4) is 0 Å². The van der Waals surface area contributed by atoms with Gasteiger partial charge in [-0.15, -0.1) is 11.3 Å². The molecule has 1 aliphatic heterocycles. The van der Waals surface area contributed by atoms with Gasteiger partial charge in [0.15, 0.2) is 5.78 Å². The number of Topliss-reactive ketones (excluding diaryl/α,β-unsaturated/α-hetero) is 2. The van der Waals surface area contributed by atoms with E-state index in [1.54, 1.807) is 11.3 Å². The van der Waals surface area contributed by atoms with Gasteiger partial charge in [-0.3, -0.25) is 14.4 Å². The van der Waals surface area contributed by atoms with Crippen molar-refractivity contribution in [3.05, 3.63) is 21.9 Å². The van der Waals surface area contributed by atoms with Crippen LogP contribution in [0.2, 0.25) is 0 Å². The summed E-state index contributed by atoms with van der Waals surface area (Å²) in [5, 5.41) is 7.37. The zero-order chi connectivity index (χ0) is 23.2. The van der Waals surface area contributed by atoms with Gasteiger partial charge in [-0.05, 0) is 47.6 Å². The van der Waals surface area contributed by atoms with Crippen LogP contribution in [0.4, 0.5) is 4.79 Å². The van der Waals surface area contributed by atoms with Gasteiger partial charge in [0.25, 0.3) is 5.91 Å². The van der Waals surface area contributed by atoms with Gasteiger partial charge in [0.05, 0.1) is 12.6 Å². The monoisotopic (exact) mass is 450 g/mol. The first kappa shape index (κ1) is 25.0. The van der Waals surface area contributed by atoms with Gasteiger partial charge in [-0.1, -0.05) is 34.6 Å². The molecular formula is C23H34N2O5S. The fourth-order valence-corrected chi connectivity index (χ4v) is 4.29. The van der Waals surface area contributed by atoms with Crippen molar-refractivity contribution in [3.8, 4) is 0 Å². The first-order valence-corrected chi connectivity index (χ1v) is 11.7. The lowest BCUT2D eigenvalue weighted by Gasteiger charge is -2.24. The lowest BCUT2D eigenvalue weighted by atomic mass is 9.87. The molecule has 2 unspecified atom stereocenters. The van der Waals surface area contributed by atoms with Crippen molar-refractivity contribution in [2.24, 2.45) is 17.3 Å². The number of ether oxygens (including phenoxy) is 1. The minimum absolute atomic E-state index is 0.0916. The van der Waals surface area contributed by atoms with Crippen LogP contribution in [-0.4, -0.2) is 42.8 Å². The van der Waals surface area contributed by atoms with Gasteiger partial charge in [0.1, 0.15) is 0 Å². The SMILES string of the molecule is CC(C)C(NC(=O)OCC(C)(C)C)C(=O)CC1CCc2csc(c2)CCNC(=O)C1=O. The van der Waals surface area contributed by atoms with Gasteiger partial charge in [0.2, 0.25) is 5.78 Å². The zero-order valence-electron chi connectivity index (χ0n) is 19.1. The smallest absolute Gasteiger partial charge is 0.407 e. The van der Waals surface area contributed by atoms with E-state index in [1.165, 1.54) is 0 Å². The van der Waals surface area contributed by atoms with Crippen LogP contribution < -0.4 is 10.6 Å². The van der Waals surface area contributed by atoms with Gasteiger partial charge in [-0.25, -0.2) is 4.79 Å². The number of alkyl carbamates (subject to hydrolysis) is 1. The summed E-state index contributed by atoms with van der Waals surface area (Å²) in [5.74, 6) is -2.38. The number of ketones is 2. The Hall–Kier alpha value is -2.22. The molecule has 0 fully saturated rings. The summed E-state index contributed by atoms with van der Waals surface area (Å²) >= 11 is 1.64. The first-order chi connectivity index (χ1) is 14.5. The van der Waals surface area contributed by atoms with E-state index in [1.807, 2.05) is 34.6 Å². The first-order valence-electron chi connectivity index (χ1n) is 10.8. The topological polar surface area (TPSA) is 102 Å². The summed E-state index contributed by atoms with van der Waals surface area (Å²) < 4.78 is 5.23. The molecule has 2 rings (SSSR count). The Balaban J connectivity index is 2.07.